The average molecular weight is 225 g/mol. The summed E-state index contributed by atoms with van der Waals surface area (Å²) in [6.45, 7) is 0. The Morgan fingerprint density at radius 3 is 2.20 bits per heavy atom. The minimum absolute atomic E-state index is 0.601. The number of aryl methyl sites for hydroxylation is 2. The summed E-state index contributed by atoms with van der Waals surface area (Å²) in [4.78, 5) is 0. The van der Waals surface area contributed by atoms with E-state index < -0.39 is 0 Å². The molecule has 0 saturated heterocycles. The van der Waals surface area contributed by atoms with Crippen LogP contribution < -0.4 is 4.74 Å². The molecule has 1 aromatic carbocycles. The molecule has 1 aliphatic rings. The molecule has 1 aliphatic carbocycles. The van der Waals surface area contributed by atoms with Gasteiger partial charge in [0.25, 0.3) is 0 Å². The Balaban J connectivity index is 2.46. The molecule has 82 valence electrons. The average Bonchev–Trinajstić information content (AvgIpc) is 2.26. The van der Waals surface area contributed by atoms with Crippen LogP contribution in [0.3, 0.4) is 0 Å². The van der Waals surface area contributed by atoms with Gasteiger partial charge in [-0.25, -0.2) is 0 Å². The largest absolute Gasteiger partial charge is 0.496 e. The van der Waals surface area contributed by atoms with Gasteiger partial charge in [0.15, 0.2) is 0 Å². The van der Waals surface area contributed by atoms with Crippen LogP contribution in [0.4, 0.5) is 0 Å². The highest BCUT2D eigenvalue weighted by molar-refractivity contribution is 6.17. The predicted octanol–water partition coefficient (Wildman–Crippen LogP) is 3.70. The highest BCUT2D eigenvalue weighted by Crippen LogP contribution is 2.31. The van der Waals surface area contributed by atoms with Crippen molar-refractivity contribution < 1.29 is 4.74 Å². The highest BCUT2D eigenvalue weighted by Gasteiger charge is 2.13. The number of benzene rings is 1. The van der Waals surface area contributed by atoms with Crippen LogP contribution in [0.25, 0.3) is 0 Å². The van der Waals surface area contributed by atoms with Crippen molar-refractivity contribution in [2.24, 2.45) is 0 Å². The Morgan fingerprint density at radius 1 is 1.13 bits per heavy atom. The number of halogens is 1. The van der Waals surface area contributed by atoms with Crippen LogP contribution in [0.2, 0.25) is 0 Å². The topological polar surface area (TPSA) is 9.23 Å². The Bertz CT molecular complexity index is 319. The molecular weight excluding hydrogens is 208 g/mol. The molecule has 2 bridgehead atoms. The van der Waals surface area contributed by atoms with Crippen LogP contribution in [0.5, 0.6) is 5.75 Å². The Morgan fingerprint density at radius 2 is 1.73 bits per heavy atom. The monoisotopic (exact) mass is 224 g/mol. The van der Waals surface area contributed by atoms with Crippen molar-refractivity contribution in [3.05, 3.63) is 28.8 Å². The normalized spacial score (nSPS) is 15.6. The van der Waals surface area contributed by atoms with Gasteiger partial charge in [0.1, 0.15) is 5.75 Å². The lowest BCUT2D eigenvalue weighted by atomic mass is 9.93. The molecule has 0 heterocycles. The smallest absolute Gasteiger partial charge is 0.125 e. The molecule has 0 atom stereocenters. The predicted molar refractivity (Wildman–Crippen MR) is 63.8 cm³/mol. The molecule has 2 heteroatoms. The van der Waals surface area contributed by atoms with Crippen molar-refractivity contribution in [2.75, 3.05) is 7.11 Å². The SMILES string of the molecule is COc1c2cc(CCl)cc1CCCCC2. The van der Waals surface area contributed by atoms with Crippen molar-refractivity contribution in [3.63, 3.8) is 0 Å². The third kappa shape index (κ3) is 2.28. The fraction of sp³-hybridized carbons (Fsp3) is 0.538. The van der Waals surface area contributed by atoms with Gasteiger partial charge in [0, 0.05) is 5.88 Å². The van der Waals surface area contributed by atoms with E-state index in [4.69, 9.17) is 16.3 Å². The van der Waals surface area contributed by atoms with Crippen molar-refractivity contribution in [3.8, 4) is 5.75 Å². The maximum atomic E-state index is 5.90. The van der Waals surface area contributed by atoms with Gasteiger partial charge < -0.3 is 4.74 Å². The first-order valence-electron chi connectivity index (χ1n) is 5.59. The number of methoxy groups -OCH3 is 1. The van der Waals surface area contributed by atoms with Gasteiger partial charge in [-0.05, 0) is 42.4 Å². The molecule has 0 aliphatic heterocycles. The van der Waals surface area contributed by atoms with Crippen molar-refractivity contribution in [1.29, 1.82) is 0 Å². The number of rotatable bonds is 2. The van der Waals surface area contributed by atoms with Crippen molar-refractivity contribution >= 4 is 11.6 Å². The van der Waals surface area contributed by atoms with E-state index in [1.54, 1.807) is 7.11 Å². The summed E-state index contributed by atoms with van der Waals surface area (Å²) in [5, 5.41) is 0. The zero-order valence-corrected chi connectivity index (χ0v) is 9.94. The first-order valence-corrected chi connectivity index (χ1v) is 6.13. The summed E-state index contributed by atoms with van der Waals surface area (Å²) in [5.74, 6) is 1.70. The summed E-state index contributed by atoms with van der Waals surface area (Å²) >= 11 is 5.90. The molecule has 1 nitrogen and oxygen atoms in total. The second kappa shape index (κ2) is 4.89. The molecule has 0 N–H and O–H groups in total. The molecule has 0 amide bonds. The standard InChI is InChI=1S/C13H17ClO/c1-15-13-11-5-3-2-4-6-12(13)8-10(7-11)9-14/h7-8H,2-6,9H2,1H3. The zero-order valence-electron chi connectivity index (χ0n) is 9.18. The Kier molecular flexibility index (Phi) is 3.53. The molecule has 2 rings (SSSR count). The van der Waals surface area contributed by atoms with Gasteiger partial charge in [-0.15, -0.1) is 11.6 Å². The Hall–Kier alpha value is -0.690. The first-order chi connectivity index (χ1) is 7.35. The van der Waals surface area contributed by atoms with E-state index >= 15 is 0 Å². The molecule has 0 saturated carbocycles. The van der Waals surface area contributed by atoms with Crippen molar-refractivity contribution in [1.82, 2.24) is 0 Å². The molecule has 15 heavy (non-hydrogen) atoms. The summed E-state index contributed by atoms with van der Waals surface area (Å²) in [6, 6.07) is 4.39. The van der Waals surface area contributed by atoms with Crippen molar-refractivity contribution in [2.45, 2.75) is 38.0 Å². The van der Waals surface area contributed by atoms with Crippen LogP contribution >= 0.6 is 11.6 Å². The second-order valence-electron chi connectivity index (χ2n) is 4.14. The van der Waals surface area contributed by atoms with Gasteiger partial charge in [-0.1, -0.05) is 18.6 Å². The van der Waals surface area contributed by atoms with E-state index in [1.165, 1.54) is 36.0 Å². The van der Waals surface area contributed by atoms with E-state index in [-0.39, 0.29) is 0 Å². The van der Waals surface area contributed by atoms with Crippen LogP contribution in [0.1, 0.15) is 36.0 Å². The third-order valence-electron chi connectivity index (χ3n) is 3.05. The first kappa shape index (κ1) is 10.8. The minimum atomic E-state index is 0.601. The molecule has 0 spiro atoms. The molecule has 0 radical (unpaired) electrons. The number of alkyl halides is 1. The quantitative estimate of drug-likeness (QED) is 0.696. The van der Waals surface area contributed by atoms with E-state index in [9.17, 15) is 0 Å². The molecule has 0 fully saturated rings. The maximum Gasteiger partial charge on any atom is 0.125 e. The lowest BCUT2D eigenvalue weighted by Gasteiger charge is -2.18. The van der Waals surface area contributed by atoms with Gasteiger partial charge in [0.05, 0.1) is 7.11 Å². The zero-order chi connectivity index (χ0) is 10.7. The summed E-state index contributed by atoms with van der Waals surface area (Å²) in [7, 11) is 1.77. The highest BCUT2D eigenvalue weighted by atomic mass is 35.5. The molecular formula is C13H17ClO. The van der Waals surface area contributed by atoms with Gasteiger partial charge in [-0.2, -0.15) is 0 Å². The van der Waals surface area contributed by atoms with Crippen LogP contribution in [0, 0.1) is 0 Å². The van der Waals surface area contributed by atoms with E-state index in [1.807, 2.05) is 0 Å². The van der Waals surface area contributed by atoms with Gasteiger partial charge in [-0.3, -0.25) is 0 Å². The summed E-state index contributed by atoms with van der Waals surface area (Å²) in [5.41, 5.74) is 3.90. The van der Waals surface area contributed by atoms with Crippen LogP contribution in [0.15, 0.2) is 12.1 Å². The van der Waals surface area contributed by atoms with Gasteiger partial charge >= 0.3 is 0 Å². The third-order valence-corrected chi connectivity index (χ3v) is 3.36. The van der Waals surface area contributed by atoms with E-state index in [0.29, 0.717) is 5.88 Å². The fourth-order valence-electron chi connectivity index (χ4n) is 2.34. The molecule has 1 aromatic rings. The second-order valence-corrected chi connectivity index (χ2v) is 4.41. The number of ether oxygens (including phenoxy) is 1. The summed E-state index contributed by atoms with van der Waals surface area (Å²) < 4.78 is 5.51. The lowest BCUT2D eigenvalue weighted by Crippen LogP contribution is -2.03. The number of hydrogen-bond donors (Lipinski definition) is 0. The fourth-order valence-corrected chi connectivity index (χ4v) is 2.50. The molecule has 0 aromatic heterocycles. The maximum absolute atomic E-state index is 5.90. The van der Waals surface area contributed by atoms with Crippen LogP contribution in [-0.2, 0) is 18.7 Å². The Labute approximate surface area is 96.4 Å². The number of hydrogen-bond acceptors (Lipinski definition) is 1. The number of fused-ring (bicyclic) bond motifs is 2. The van der Waals surface area contributed by atoms with Gasteiger partial charge in [0.2, 0.25) is 0 Å². The van der Waals surface area contributed by atoms with Crippen LogP contribution in [-0.4, -0.2) is 7.11 Å². The van der Waals surface area contributed by atoms with E-state index in [0.717, 1.165) is 18.6 Å². The van der Waals surface area contributed by atoms with E-state index in [2.05, 4.69) is 12.1 Å². The summed E-state index contributed by atoms with van der Waals surface area (Å²) in [6.07, 6.45) is 6.10. The lowest BCUT2D eigenvalue weighted by molar-refractivity contribution is 0.400. The molecule has 0 unspecified atom stereocenters. The minimum Gasteiger partial charge on any atom is -0.496 e.